The maximum absolute atomic E-state index is 10.1. The first-order valence-electron chi connectivity index (χ1n) is 6.41. The molecule has 0 N–H and O–H groups in total. The first-order valence-corrected chi connectivity index (χ1v) is 8.51. The average molecular weight is 400 g/mol. The molecule has 2 aromatic rings. The fourth-order valence-electron chi connectivity index (χ4n) is 1.61. The summed E-state index contributed by atoms with van der Waals surface area (Å²) in [6.45, 7) is 0.548. The number of ether oxygens (including phenoxy) is 1. The van der Waals surface area contributed by atoms with Crippen molar-refractivity contribution in [1.82, 2.24) is 0 Å². The van der Waals surface area contributed by atoms with Crippen molar-refractivity contribution in [2.75, 3.05) is 7.11 Å². The van der Waals surface area contributed by atoms with Crippen LogP contribution in [0.25, 0.3) is 0 Å². The Hall–Kier alpha value is -2.14. The van der Waals surface area contributed by atoms with Gasteiger partial charge >= 0.3 is 0 Å². The molecule has 0 aromatic heterocycles. The third kappa shape index (κ3) is 9.67. The molecular formula is C15H17N3O4S3. The second-order valence-electron chi connectivity index (χ2n) is 4.12. The minimum Gasteiger partial charge on any atom is -0.380 e. The van der Waals surface area contributed by atoms with Gasteiger partial charge in [0.1, 0.15) is 0 Å². The summed E-state index contributed by atoms with van der Waals surface area (Å²) in [4.78, 5) is 0. The van der Waals surface area contributed by atoms with Crippen LogP contribution in [0.3, 0.4) is 0 Å². The highest BCUT2D eigenvalue weighted by Crippen LogP contribution is 2.19. The van der Waals surface area contributed by atoms with E-state index in [1.807, 2.05) is 18.2 Å². The zero-order chi connectivity index (χ0) is 17.6. The quantitative estimate of drug-likeness (QED) is 0.751. The maximum atomic E-state index is 10.1. The molecule has 0 saturated carbocycles. The van der Waals surface area contributed by atoms with Crippen molar-refractivity contribution in [1.29, 1.82) is 0 Å². The Bertz CT molecular complexity index is 795. The van der Waals surface area contributed by atoms with E-state index in [0.717, 1.165) is 5.56 Å². The van der Waals surface area contributed by atoms with Gasteiger partial charge in [0.15, 0.2) is 0 Å². The van der Waals surface area contributed by atoms with Gasteiger partial charge in [-0.2, -0.15) is 25.7 Å². The normalized spacial score (nSPS) is 8.68. The number of rotatable bonds is 5. The molecule has 0 spiro atoms. The van der Waals surface area contributed by atoms with Gasteiger partial charge in [-0.15, -0.1) is 0 Å². The number of benzene rings is 2. The first-order chi connectivity index (χ1) is 11.7. The van der Waals surface area contributed by atoms with Gasteiger partial charge in [0.05, 0.1) is 23.7 Å². The number of nitrogens with zero attached hydrogens (tertiary/aromatic N) is 3. The molecule has 0 aliphatic rings. The molecule has 0 aliphatic heterocycles. The van der Waals surface area contributed by atoms with Crippen LogP contribution in [0.2, 0.25) is 0 Å². The Morgan fingerprint density at radius 1 is 0.800 bits per heavy atom. The van der Waals surface area contributed by atoms with Crippen molar-refractivity contribution < 1.29 is 17.4 Å². The SMILES string of the molecule is C.COCc1cccc(N=S=O)c1.O=S=Nc1cccc(N=S=O)c1. The third-order valence-corrected chi connectivity index (χ3v) is 3.34. The summed E-state index contributed by atoms with van der Waals surface area (Å²) in [7, 11) is 1.63. The van der Waals surface area contributed by atoms with Crippen molar-refractivity contribution in [2.45, 2.75) is 14.0 Å². The molecule has 2 rings (SSSR count). The Kier molecular flexibility index (Phi) is 13.0. The molecule has 0 amide bonds. The van der Waals surface area contributed by atoms with E-state index < -0.39 is 0 Å². The first kappa shape index (κ1) is 22.9. The predicted molar refractivity (Wildman–Crippen MR) is 101 cm³/mol. The van der Waals surface area contributed by atoms with E-state index in [2.05, 4.69) is 13.1 Å². The van der Waals surface area contributed by atoms with Crippen molar-refractivity contribution in [3.05, 3.63) is 54.1 Å². The molecule has 7 nitrogen and oxygen atoms in total. The van der Waals surface area contributed by atoms with E-state index >= 15 is 0 Å². The van der Waals surface area contributed by atoms with Crippen molar-refractivity contribution in [2.24, 2.45) is 13.1 Å². The topological polar surface area (TPSA) is 97.5 Å². The van der Waals surface area contributed by atoms with Crippen LogP contribution in [0.1, 0.15) is 13.0 Å². The minimum atomic E-state index is 0. The van der Waals surface area contributed by atoms with Gasteiger partial charge in [-0.25, -0.2) is 0 Å². The molecule has 10 heteroatoms. The summed E-state index contributed by atoms with van der Waals surface area (Å²) in [6, 6.07) is 14.0. The number of hydrogen-bond donors (Lipinski definition) is 0. The molecule has 0 radical (unpaired) electrons. The molecule has 0 saturated heterocycles. The molecule has 0 fully saturated rings. The van der Waals surface area contributed by atoms with E-state index in [1.165, 1.54) is 0 Å². The van der Waals surface area contributed by atoms with E-state index in [1.54, 1.807) is 37.4 Å². The van der Waals surface area contributed by atoms with Gasteiger partial charge in [-0.1, -0.05) is 25.6 Å². The molecule has 25 heavy (non-hydrogen) atoms. The van der Waals surface area contributed by atoms with Crippen LogP contribution in [0, 0.1) is 0 Å². The Morgan fingerprint density at radius 3 is 1.68 bits per heavy atom. The van der Waals surface area contributed by atoms with E-state index in [-0.39, 0.29) is 41.8 Å². The van der Waals surface area contributed by atoms with Gasteiger partial charge in [-0.05, 0) is 35.9 Å². The summed E-state index contributed by atoms with van der Waals surface area (Å²) in [5.41, 5.74) is 2.74. The van der Waals surface area contributed by atoms with Crippen LogP contribution in [0.4, 0.5) is 17.1 Å². The van der Waals surface area contributed by atoms with Crippen LogP contribution in [-0.4, -0.2) is 19.7 Å². The van der Waals surface area contributed by atoms with E-state index in [0.29, 0.717) is 23.7 Å². The van der Waals surface area contributed by atoms with Gasteiger partial charge in [0.25, 0.3) is 0 Å². The van der Waals surface area contributed by atoms with Crippen molar-refractivity contribution in [3.63, 3.8) is 0 Å². The highest BCUT2D eigenvalue weighted by molar-refractivity contribution is 7.55. The largest absolute Gasteiger partial charge is 0.380 e. The highest BCUT2D eigenvalue weighted by atomic mass is 32.1. The standard InChI is InChI=1S/C8H9NO2S.C6H4N2O2S2.CH4/c1-11-6-7-3-2-4-8(5-7)9-12-10;9-11-7-5-2-1-3-6(4-5)8-12-10;/h2-5H,6H2,1H3;1-4H;1H4. The zero-order valence-electron chi connectivity index (χ0n) is 12.5. The van der Waals surface area contributed by atoms with Gasteiger partial charge in [-0.3, -0.25) is 0 Å². The molecule has 0 atom stereocenters. The van der Waals surface area contributed by atoms with Gasteiger partial charge < -0.3 is 4.74 Å². The summed E-state index contributed by atoms with van der Waals surface area (Å²) < 4.78 is 45.8. The number of hydrogen-bond acceptors (Lipinski definition) is 7. The molecule has 0 unspecified atom stereocenters. The van der Waals surface area contributed by atoms with Crippen LogP contribution in [-0.2, 0) is 45.7 Å². The fourth-order valence-corrected chi connectivity index (χ4v) is 2.20. The third-order valence-electron chi connectivity index (χ3n) is 2.48. The Morgan fingerprint density at radius 2 is 1.24 bits per heavy atom. The monoisotopic (exact) mass is 399 g/mol. The van der Waals surface area contributed by atoms with Gasteiger partial charge in [0.2, 0.25) is 34.4 Å². The minimum absolute atomic E-state index is 0. The molecule has 2 aromatic carbocycles. The van der Waals surface area contributed by atoms with Crippen LogP contribution in [0.15, 0.2) is 61.6 Å². The highest BCUT2D eigenvalue weighted by Gasteiger charge is 1.93. The lowest BCUT2D eigenvalue weighted by Gasteiger charge is -1.98. The average Bonchev–Trinajstić information content (AvgIpc) is 2.58. The van der Waals surface area contributed by atoms with E-state index in [4.69, 9.17) is 4.74 Å². The smallest absolute Gasteiger partial charge is 0.205 e. The summed E-state index contributed by atoms with van der Waals surface area (Å²) in [6.07, 6.45) is 0. The molecule has 0 heterocycles. The van der Waals surface area contributed by atoms with Crippen LogP contribution >= 0.6 is 0 Å². The lowest BCUT2D eigenvalue weighted by molar-refractivity contribution is 0.185. The summed E-state index contributed by atoms with van der Waals surface area (Å²) >= 11 is 0.476. The van der Waals surface area contributed by atoms with Gasteiger partial charge in [0, 0.05) is 7.11 Å². The molecule has 0 bridgehead atoms. The molecule has 134 valence electrons. The van der Waals surface area contributed by atoms with Crippen molar-refractivity contribution >= 4 is 51.5 Å². The summed E-state index contributed by atoms with van der Waals surface area (Å²) in [5.74, 6) is 0. The Labute approximate surface area is 157 Å². The second-order valence-corrected chi connectivity index (χ2v) is 5.12. The maximum Gasteiger partial charge on any atom is 0.205 e. The van der Waals surface area contributed by atoms with Crippen LogP contribution < -0.4 is 0 Å². The second kappa shape index (κ2) is 14.2. The van der Waals surface area contributed by atoms with Crippen molar-refractivity contribution in [3.8, 4) is 0 Å². The zero-order valence-corrected chi connectivity index (χ0v) is 15.0. The predicted octanol–water partition coefficient (Wildman–Crippen LogP) is 4.24. The molecule has 0 aliphatic carbocycles. The summed E-state index contributed by atoms with van der Waals surface area (Å²) in [5, 5.41) is 0. The lowest BCUT2D eigenvalue weighted by atomic mass is 10.2. The Balaban J connectivity index is 0.000000443. The van der Waals surface area contributed by atoms with E-state index in [9.17, 15) is 12.6 Å². The van der Waals surface area contributed by atoms with Crippen LogP contribution in [0.5, 0.6) is 0 Å². The molecular weight excluding hydrogens is 382 g/mol. The number of methoxy groups -OCH3 is 1. The lowest BCUT2D eigenvalue weighted by Crippen LogP contribution is -1.85. The fraction of sp³-hybridized carbons (Fsp3) is 0.200.